The van der Waals surface area contributed by atoms with Crippen LogP contribution in [-0.4, -0.2) is 47.4 Å². The SMILES string of the molecule is CN(CCc1ccc([N+](=O)[O-])cc1)C(=O)c1csc(C2CCNCC2)n1. The molecule has 0 aliphatic carbocycles. The molecule has 2 aromatic rings. The lowest BCUT2D eigenvalue weighted by atomic mass is 9.99. The van der Waals surface area contributed by atoms with E-state index in [-0.39, 0.29) is 11.6 Å². The Kier molecular flexibility index (Phi) is 5.95. The molecule has 1 fully saturated rings. The maximum Gasteiger partial charge on any atom is 0.273 e. The summed E-state index contributed by atoms with van der Waals surface area (Å²) in [4.78, 5) is 29.1. The van der Waals surface area contributed by atoms with E-state index < -0.39 is 4.92 Å². The fourth-order valence-electron chi connectivity index (χ4n) is 3.02. The highest BCUT2D eigenvalue weighted by atomic mass is 32.1. The lowest BCUT2D eigenvalue weighted by Crippen LogP contribution is -2.29. The molecular formula is C18H22N4O3S. The smallest absolute Gasteiger partial charge is 0.273 e. The second-order valence-corrected chi connectivity index (χ2v) is 7.39. The molecule has 1 aromatic carbocycles. The second-order valence-electron chi connectivity index (χ2n) is 6.50. The van der Waals surface area contributed by atoms with Crippen LogP contribution in [0.1, 0.15) is 39.8 Å². The summed E-state index contributed by atoms with van der Waals surface area (Å²) in [6.45, 7) is 2.54. The topological polar surface area (TPSA) is 88.4 Å². The number of nitrogens with zero attached hydrogens (tertiary/aromatic N) is 3. The van der Waals surface area contributed by atoms with Crippen LogP contribution in [0.25, 0.3) is 0 Å². The average Bonchev–Trinajstić information content (AvgIpc) is 3.16. The molecule has 1 aromatic heterocycles. The molecule has 2 heterocycles. The fraction of sp³-hybridized carbons (Fsp3) is 0.444. The zero-order valence-corrected chi connectivity index (χ0v) is 15.5. The highest BCUT2D eigenvalue weighted by Crippen LogP contribution is 2.28. The number of likely N-dealkylation sites (N-methyl/N-ethyl adjacent to an activating group) is 1. The largest absolute Gasteiger partial charge is 0.340 e. The summed E-state index contributed by atoms with van der Waals surface area (Å²) in [6.07, 6.45) is 2.78. The van der Waals surface area contributed by atoms with E-state index in [2.05, 4.69) is 10.3 Å². The van der Waals surface area contributed by atoms with E-state index in [1.807, 2.05) is 5.38 Å². The van der Waals surface area contributed by atoms with Crippen molar-refractivity contribution < 1.29 is 9.72 Å². The summed E-state index contributed by atoms with van der Waals surface area (Å²) in [6, 6.07) is 6.44. The van der Waals surface area contributed by atoms with Gasteiger partial charge in [-0.1, -0.05) is 12.1 Å². The van der Waals surface area contributed by atoms with Gasteiger partial charge in [-0.25, -0.2) is 4.98 Å². The molecule has 7 nitrogen and oxygen atoms in total. The third-order valence-electron chi connectivity index (χ3n) is 4.66. The van der Waals surface area contributed by atoms with E-state index >= 15 is 0 Å². The number of aromatic nitrogens is 1. The number of rotatable bonds is 6. The lowest BCUT2D eigenvalue weighted by molar-refractivity contribution is -0.384. The number of carbonyl (C=O) groups excluding carboxylic acids is 1. The number of nitro benzene ring substituents is 1. The van der Waals surface area contributed by atoms with Crippen LogP contribution in [0, 0.1) is 10.1 Å². The van der Waals surface area contributed by atoms with Crippen molar-refractivity contribution in [1.29, 1.82) is 0 Å². The van der Waals surface area contributed by atoms with E-state index in [9.17, 15) is 14.9 Å². The minimum Gasteiger partial charge on any atom is -0.340 e. The van der Waals surface area contributed by atoms with Gasteiger partial charge in [0, 0.05) is 37.0 Å². The summed E-state index contributed by atoms with van der Waals surface area (Å²) < 4.78 is 0. The Labute approximate surface area is 156 Å². The third kappa shape index (κ3) is 4.44. The number of amides is 1. The Morgan fingerprint density at radius 2 is 2.04 bits per heavy atom. The number of thiazole rings is 1. The summed E-state index contributed by atoms with van der Waals surface area (Å²) in [5, 5.41) is 16.9. The van der Waals surface area contributed by atoms with Crippen LogP contribution in [0.5, 0.6) is 0 Å². The van der Waals surface area contributed by atoms with Crippen LogP contribution in [-0.2, 0) is 6.42 Å². The lowest BCUT2D eigenvalue weighted by Gasteiger charge is -2.20. The number of carbonyl (C=O) groups is 1. The molecule has 0 unspecified atom stereocenters. The van der Waals surface area contributed by atoms with Crippen molar-refractivity contribution in [3.05, 3.63) is 56.0 Å². The molecule has 0 bridgehead atoms. The number of piperidine rings is 1. The van der Waals surface area contributed by atoms with Crippen molar-refractivity contribution in [1.82, 2.24) is 15.2 Å². The zero-order valence-electron chi connectivity index (χ0n) is 14.7. The normalized spacial score (nSPS) is 15.0. The van der Waals surface area contributed by atoms with Gasteiger partial charge in [-0.05, 0) is 37.9 Å². The van der Waals surface area contributed by atoms with Crippen LogP contribution in [0.4, 0.5) is 5.69 Å². The monoisotopic (exact) mass is 374 g/mol. The molecule has 3 rings (SSSR count). The number of hydrogen-bond acceptors (Lipinski definition) is 6. The Hall–Kier alpha value is -2.32. The second kappa shape index (κ2) is 8.37. The van der Waals surface area contributed by atoms with Gasteiger partial charge in [-0.3, -0.25) is 14.9 Å². The van der Waals surface area contributed by atoms with Crippen LogP contribution in [0.15, 0.2) is 29.6 Å². The first-order valence-corrected chi connectivity index (χ1v) is 9.57. The average molecular weight is 374 g/mol. The van der Waals surface area contributed by atoms with Crippen LogP contribution < -0.4 is 5.32 Å². The van der Waals surface area contributed by atoms with Crippen molar-refractivity contribution in [3.8, 4) is 0 Å². The van der Waals surface area contributed by atoms with Gasteiger partial charge in [0.05, 0.1) is 9.93 Å². The van der Waals surface area contributed by atoms with E-state index in [1.165, 1.54) is 12.1 Å². The van der Waals surface area contributed by atoms with Gasteiger partial charge in [0.15, 0.2) is 0 Å². The van der Waals surface area contributed by atoms with Crippen molar-refractivity contribution in [3.63, 3.8) is 0 Å². The minimum absolute atomic E-state index is 0.0751. The van der Waals surface area contributed by atoms with E-state index in [4.69, 9.17) is 0 Å². The van der Waals surface area contributed by atoms with Gasteiger partial charge in [0.1, 0.15) is 5.69 Å². The minimum atomic E-state index is -0.415. The molecule has 0 saturated carbocycles. The first-order chi connectivity index (χ1) is 12.5. The Morgan fingerprint density at radius 1 is 1.35 bits per heavy atom. The van der Waals surface area contributed by atoms with E-state index in [1.54, 1.807) is 35.4 Å². The van der Waals surface area contributed by atoms with Gasteiger partial charge < -0.3 is 10.2 Å². The highest BCUT2D eigenvalue weighted by Gasteiger charge is 2.21. The van der Waals surface area contributed by atoms with Crippen molar-refractivity contribution in [2.24, 2.45) is 0 Å². The maximum atomic E-state index is 12.6. The number of nitrogens with one attached hydrogen (secondary N) is 1. The molecule has 0 spiro atoms. The molecule has 0 radical (unpaired) electrons. The molecule has 138 valence electrons. The van der Waals surface area contributed by atoms with Gasteiger partial charge in [0.2, 0.25) is 0 Å². The summed E-state index contributed by atoms with van der Waals surface area (Å²) in [7, 11) is 1.76. The number of non-ortho nitro benzene ring substituents is 1. The molecular weight excluding hydrogens is 352 g/mol. The van der Waals surface area contributed by atoms with Crippen molar-refractivity contribution in [2.75, 3.05) is 26.7 Å². The predicted molar refractivity (Wildman–Crippen MR) is 101 cm³/mol. The number of hydrogen-bond donors (Lipinski definition) is 1. The molecule has 1 saturated heterocycles. The number of nitro groups is 1. The van der Waals surface area contributed by atoms with Crippen LogP contribution >= 0.6 is 11.3 Å². The standard InChI is InChI=1S/C18H22N4O3S/c1-21(11-8-13-2-4-15(5-3-13)22(24)25)18(23)16-12-26-17(20-16)14-6-9-19-10-7-14/h2-5,12,14,19H,6-11H2,1H3. The molecule has 26 heavy (non-hydrogen) atoms. The molecule has 1 aliphatic rings. The first-order valence-electron chi connectivity index (χ1n) is 8.69. The van der Waals surface area contributed by atoms with E-state index in [0.29, 0.717) is 24.6 Å². The Bertz CT molecular complexity index is 769. The molecule has 8 heteroatoms. The third-order valence-corrected chi connectivity index (χ3v) is 5.67. The Morgan fingerprint density at radius 3 is 2.69 bits per heavy atom. The van der Waals surface area contributed by atoms with Gasteiger partial charge >= 0.3 is 0 Å². The molecule has 1 aliphatic heterocycles. The summed E-state index contributed by atoms with van der Waals surface area (Å²) in [5.41, 5.74) is 1.55. The van der Waals surface area contributed by atoms with Gasteiger partial charge in [-0.2, -0.15) is 0 Å². The van der Waals surface area contributed by atoms with Crippen molar-refractivity contribution in [2.45, 2.75) is 25.2 Å². The van der Waals surface area contributed by atoms with Crippen LogP contribution in [0.3, 0.4) is 0 Å². The first kappa shape index (κ1) is 18.5. The zero-order chi connectivity index (χ0) is 18.5. The maximum absolute atomic E-state index is 12.6. The van der Waals surface area contributed by atoms with Gasteiger partial charge in [0.25, 0.3) is 11.6 Å². The van der Waals surface area contributed by atoms with Gasteiger partial charge in [-0.15, -0.1) is 11.3 Å². The summed E-state index contributed by atoms with van der Waals surface area (Å²) >= 11 is 1.57. The summed E-state index contributed by atoms with van der Waals surface area (Å²) in [5.74, 6) is 0.372. The number of benzene rings is 1. The predicted octanol–water partition coefficient (Wildman–Crippen LogP) is 2.83. The molecule has 1 amide bonds. The molecule has 1 N–H and O–H groups in total. The van der Waals surface area contributed by atoms with Crippen LogP contribution in [0.2, 0.25) is 0 Å². The highest BCUT2D eigenvalue weighted by molar-refractivity contribution is 7.09. The quantitative estimate of drug-likeness (QED) is 0.620. The van der Waals surface area contributed by atoms with Crippen molar-refractivity contribution >= 4 is 22.9 Å². The van der Waals surface area contributed by atoms with E-state index in [0.717, 1.165) is 36.5 Å². The molecule has 0 atom stereocenters. The fourth-order valence-corrected chi connectivity index (χ4v) is 3.99. The Balaban J connectivity index is 1.55.